The van der Waals surface area contributed by atoms with E-state index in [1.54, 1.807) is 0 Å². The van der Waals surface area contributed by atoms with Crippen molar-refractivity contribution >= 4 is 28.4 Å². The fourth-order valence-electron chi connectivity index (χ4n) is 8.20. The Labute approximate surface area is 297 Å². The largest absolute Gasteiger partial charge is 0.333 e. The van der Waals surface area contributed by atoms with Gasteiger partial charge in [-0.3, -0.25) is 0 Å². The zero-order chi connectivity index (χ0) is 34.5. The van der Waals surface area contributed by atoms with Gasteiger partial charge in [0.25, 0.3) is 0 Å². The summed E-state index contributed by atoms with van der Waals surface area (Å²) >= 11 is 0. The molecule has 1 aliphatic heterocycles. The molecule has 5 nitrogen and oxygen atoms in total. The smallest absolute Gasteiger partial charge is 0.0991 e. The van der Waals surface area contributed by atoms with Gasteiger partial charge in [0.2, 0.25) is 0 Å². The van der Waals surface area contributed by atoms with Gasteiger partial charge in [0.15, 0.2) is 0 Å². The van der Waals surface area contributed by atoms with Crippen LogP contribution in [-0.4, -0.2) is 10.6 Å². The van der Waals surface area contributed by atoms with E-state index in [4.69, 9.17) is 0 Å². The summed E-state index contributed by atoms with van der Waals surface area (Å²) in [6.07, 6.45) is 14.3. The van der Waals surface area contributed by atoms with Crippen LogP contribution < -0.4 is 4.90 Å². The van der Waals surface area contributed by atoms with Crippen LogP contribution in [0, 0.1) is 39.9 Å². The Bertz CT molecular complexity index is 2610. The summed E-state index contributed by atoms with van der Waals surface area (Å²) in [4.78, 5) is 2.47. The van der Waals surface area contributed by atoms with Gasteiger partial charge in [0.1, 0.15) is 0 Å². The first-order chi connectivity index (χ1) is 25.1. The molecular weight excluding hydrogens is 623 g/mol. The van der Waals surface area contributed by atoms with Crippen LogP contribution in [-0.2, 0) is 12.8 Å². The zero-order valence-corrected chi connectivity index (χ0v) is 27.7. The maximum Gasteiger partial charge on any atom is 0.0991 e. The first-order valence-electron chi connectivity index (χ1n) is 17.2. The van der Waals surface area contributed by atoms with Crippen LogP contribution in [0.2, 0.25) is 0 Å². The Balaban J connectivity index is 1.11. The van der Waals surface area contributed by atoms with E-state index in [1.807, 2.05) is 48.6 Å². The average Bonchev–Trinajstić information content (AvgIpc) is 3.70. The molecule has 0 saturated heterocycles. The van der Waals surface area contributed by atoms with Crippen molar-refractivity contribution in [2.45, 2.75) is 24.8 Å². The monoisotopic (exact) mass is 653 g/mol. The fourth-order valence-corrected chi connectivity index (χ4v) is 8.20. The topological polar surface area (TPSA) is 79.5 Å². The number of aromatic nitrogens is 1. The normalized spacial score (nSPS) is 18.1. The molecule has 0 fully saturated rings. The lowest BCUT2D eigenvalue weighted by Gasteiger charge is -2.29. The van der Waals surface area contributed by atoms with Crippen molar-refractivity contribution in [1.82, 2.24) is 4.57 Å². The van der Waals surface area contributed by atoms with Crippen LogP contribution in [0.5, 0.6) is 0 Å². The van der Waals surface area contributed by atoms with Gasteiger partial charge < -0.3 is 9.47 Å². The highest BCUT2D eigenvalue weighted by Gasteiger charge is 2.37. The Hall–Kier alpha value is -6.87. The highest BCUT2D eigenvalue weighted by molar-refractivity contribution is 5.93. The van der Waals surface area contributed by atoms with Crippen molar-refractivity contribution in [3.05, 3.63) is 179 Å². The first-order valence-corrected chi connectivity index (χ1v) is 17.2. The van der Waals surface area contributed by atoms with E-state index in [1.165, 1.54) is 28.1 Å². The molecule has 0 amide bonds. The standard InChI is InChI=1S/C46H31N5/c47-27-32-15-18-44(51-45-19-16-33(28-48)25-40(45)41-26-34(29-49)17-20-46(41)51)39(24-32)35-9-5-7-30(22-35)21-31-8-6-10-36(23-31)50-42-13-3-1-11-37(42)38-12-2-4-14-43(38)50/h1-20,22-25,34,37,42H,21,26H2/t34?,37?,42-/m1/s1. The number of hydrogen-bond acceptors (Lipinski definition) is 4. The minimum Gasteiger partial charge on any atom is -0.333 e. The Morgan fingerprint density at radius 2 is 1.47 bits per heavy atom. The van der Waals surface area contributed by atoms with E-state index in [9.17, 15) is 15.8 Å². The van der Waals surface area contributed by atoms with Gasteiger partial charge in [-0.15, -0.1) is 0 Å². The molecule has 2 aliphatic carbocycles. The minimum atomic E-state index is -0.226. The number of para-hydroxylation sites is 1. The van der Waals surface area contributed by atoms with Crippen molar-refractivity contribution in [1.29, 1.82) is 15.8 Å². The summed E-state index contributed by atoms with van der Waals surface area (Å²) < 4.78 is 2.22. The third-order valence-electron chi connectivity index (χ3n) is 10.5. The number of benzene rings is 5. The van der Waals surface area contributed by atoms with Crippen LogP contribution in [0.3, 0.4) is 0 Å². The van der Waals surface area contributed by atoms with Gasteiger partial charge >= 0.3 is 0 Å². The van der Waals surface area contributed by atoms with Gasteiger partial charge in [0, 0.05) is 33.9 Å². The zero-order valence-electron chi connectivity index (χ0n) is 27.7. The quantitative estimate of drug-likeness (QED) is 0.186. The maximum atomic E-state index is 9.97. The predicted molar refractivity (Wildman–Crippen MR) is 203 cm³/mol. The lowest BCUT2D eigenvalue weighted by atomic mass is 9.91. The van der Waals surface area contributed by atoms with E-state index >= 15 is 0 Å². The lowest BCUT2D eigenvalue weighted by Crippen LogP contribution is -2.28. The third kappa shape index (κ3) is 5.06. The molecule has 1 aromatic heterocycles. The van der Waals surface area contributed by atoms with Gasteiger partial charge in [-0.1, -0.05) is 85.0 Å². The number of allylic oxidation sites excluding steroid dienone is 3. The summed E-state index contributed by atoms with van der Waals surface area (Å²) in [5, 5.41) is 30.4. The molecule has 2 heterocycles. The average molecular weight is 654 g/mol. The molecule has 240 valence electrons. The molecule has 0 spiro atoms. The van der Waals surface area contributed by atoms with E-state index < -0.39 is 0 Å². The van der Waals surface area contributed by atoms with Crippen LogP contribution >= 0.6 is 0 Å². The number of rotatable bonds is 5. The molecular formula is C46H31N5. The summed E-state index contributed by atoms with van der Waals surface area (Å²) in [6.45, 7) is 0. The Morgan fingerprint density at radius 1 is 0.686 bits per heavy atom. The maximum absolute atomic E-state index is 9.97. The Morgan fingerprint density at radius 3 is 2.33 bits per heavy atom. The highest BCUT2D eigenvalue weighted by atomic mass is 15.2. The van der Waals surface area contributed by atoms with Gasteiger partial charge in [-0.05, 0) is 101 Å². The third-order valence-corrected chi connectivity index (χ3v) is 10.5. The van der Waals surface area contributed by atoms with Gasteiger partial charge in [0.05, 0.1) is 52.5 Å². The molecule has 9 rings (SSSR count). The van der Waals surface area contributed by atoms with E-state index in [0.29, 0.717) is 23.5 Å². The SMILES string of the molecule is N#Cc1ccc(-n2c3c(c4cc(C#N)ccc42)CC(C#N)C=C3)c(-c2cccc(Cc3cccc(N4c5ccccc5C5C=CC=C[C@H]54)c3)c2)c1. The van der Waals surface area contributed by atoms with Crippen molar-refractivity contribution < 1.29 is 0 Å². The molecule has 0 N–H and O–H groups in total. The molecule has 3 atom stereocenters. The number of nitriles is 3. The van der Waals surface area contributed by atoms with E-state index in [0.717, 1.165) is 45.4 Å². The first kappa shape index (κ1) is 30.2. The molecule has 51 heavy (non-hydrogen) atoms. The van der Waals surface area contributed by atoms with Crippen molar-refractivity contribution in [3.8, 4) is 35.0 Å². The molecule has 0 radical (unpaired) electrons. The summed E-state index contributed by atoms with van der Waals surface area (Å²) in [7, 11) is 0. The summed E-state index contributed by atoms with van der Waals surface area (Å²) in [6, 6.07) is 45.1. The van der Waals surface area contributed by atoms with Crippen LogP contribution in [0.15, 0.2) is 140 Å². The molecule has 0 bridgehead atoms. The second-order valence-corrected chi connectivity index (χ2v) is 13.4. The molecule has 0 saturated carbocycles. The highest BCUT2D eigenvalue weighted by Crippen LogP contribution is 2.47. The minimum absolute atomic E-state index is 0.226. The molecule has 3 aliphatic rings. The summed E-state index contributed by atoms with van der Waals surface area (Å²) in [5.74, 6) is 0.111. The van der Waals surface area contributed by atoms with Crippen molar-refractivity contribution in [2.75, 3.05) is 4.90 Å². The van der Waals surface area contributed by atoms with Crippen molar-refractivity contribution in [2.24, 2.45) is 5.92 Å². The number of nitrogens with zero attached hydrogens (tertiary/aromatic N) is 5. The predicted octanol–water partition coefficient (Wildman–Crippen LogP) is 10.1. The van der Waals surface area contributed by atoms with Crippen molar-refractivity contribution in [3.63, 3.8) is 0 Å². The number of hydrogen-bond donors (Lipinski definition) is 0. The number of fused-ring (bicyclic) bond motifs is 6. The van der Waals surface area contributed by atoms with Crippen LogP contribution in [0.4, 0.5) is 11.4 Å². The second-order valence-electron chi connectivity index (χ2n) is 13.4. The lowest BCUT2D eigenvalue weighted by molar-refractivity contribution is 0.744. The number of anilines is 2. The summed E-state index contributed by atoms with van der Waals surface area (Å²) in [5.41, 5.74) is 13.3. The van der Waals surface area contributed by atoms with E-state index in [2.05, 4.69) is 125 Å². The molecule has 6 aromatic rings. The van der Waals surface area contributed by atoms with Crippen LogP contribution in [0.1, 0.15) is 45.0 Å². The molecule has 5 aromatic carbocycles. The van der Waals surface area contributed by atoms with E-state index in [-0.39, 0.29) is 12.0 Å². The Kier molecular flexibility index (Phi) is 7.24. The van der Waals surface area contributed by atoms with Crippen LogP contribution in [0.25, 0.3) is 33.8 Å². The molecule has 5 heteroatoms. The van der Waals surface area contributed by atoms with Gasteiger partial charge in [-0.25, -0.2) is 0 Å². The molecule has 2 unspecified atom stereocenters. The van der Waals surface area contributed by atoms with Gasteiger partial charge in [-0.2, -0.15) is 15.8 Å². The fraction of sp³-hybridized carbons (Fsp3) is 0.109. The second kappa shape index (κ2) is 12.2.